The molecule has 1 saturated carbocycles. The van der Waals surface area contributed by atoms with Gasteiger partial charge < -0.3 is 4.74 Å². The van der Waals surface area contributed by atoms with Crippen LogP contribution in [0.5, 0.6) is 0 Å². The van der Waals surface area contributed by atoms with Crippen molar-refractivity contribution in [3.8, 4) is 6.07 Å². The van der Waals surface area contributed by atoms with Gasteiger partial charge in [0.25, 0.3) is 0 Å². The van der Waals surface area contributed by atoms with Crippen molar-refractivity contribution in [1.82, 2.24) is 0 Å². The minimum absolute atomic E-state index is 0.147. The molecule has 0 aromatic rings. The van der Waals surface area contributed by atoms with Crippen molar-refractivity contribution >= 4 is 0 Å². The lowest BCUT2D eigenvalue weighted by Gasteiger charge is -2.19. The van der Waals surface area contributed by atoms with Gasteiger partial charge in [0, 0.05) is 6.61 Å². The third-order valence-electron chi connectivity index (χ3n) is 3.20. The first-order chi connectivity index (χ1) is 7.38. The normalized spacial score (nSPS) is 26.9. The molecule has 1 aliphatic rings. The van der Waals surface area contributed by atoms with Crippen LogP contribution in [0.25, 0.3) is 0 Å². The van der Waals surface area contributed by atoms with Gasteiger partial charge in [0.05, 0.1) is 18.1 Å². The predicted octanol–water partition coefficient (Wildman–Crippen LogP) is 3.67. The van der Waals surface area contributed by atoms with Crippen LogP contribution in [-0.2, 0) is 4.74 Å². The number of rotatable bonds is 5. The van der Waals surface area contributed by atoms with Crippen LogP contribution in [0.1, 0.15) is 58.3 Å². The number of ether oxygens (including phenoxy) is 1. The van der Waals surface area contributed by atoms with Gasteiger partial charge in [0.15, 0.2) is 0 Å². The summed E-state index contributed by atoms with van der Waals surface area (Å²) in [5.74, 6) is 0.147. The van der Waals surface area contributed by atoms with Gasteiger partial charge in [-0.3, -0.25) is 0 Å². The topological polar surface area (TPSA) is 33.0 Å². The third kappa shape index (κ3) is 4.66. The Morgan fingerprint density at radius 3 is 2.73 bits per heavy atom. The first-order valence-corrected chi connectivity index (χ1v) is 6.39. The van der Waals surface area contributed by atoms with E-state index in [9.17, 15) is 0 Å². The summed E-state index contributed by atoms with van der Waals surface area (Å²) >= 11 is 0. The molecule has 0 N–H and O–H groups in total. The fourth-order valence-electron chi connectivity index (χ4n) is 2.21. The van der Waals surface area contributed by atoms with Crippen molar-refractivity contribution in [2.45, 2.75) is 64.4 Å². The molecule has 0 heterocycles. The molecule has 2 unspecified atom stereocenters. The highest BCUT2D eigenvalue weighted by atomic mass is 16.5. The minimum atomic E-state index is 0.147. The molecule has 0 spiro atoms. The molecular formula is C13H23NO. The lowest BCUT2D eigenvalue weighted by molar-refractivity contribution is 0.0212. The van der Waals surface area contributed by atoms with Crippen LogP contribution in [0.15, 0.2) is 0 Å². The number of hydrogen-bond donors (Lipinski definition) is 0. The van der Waals surface area contributed by atoms with Gasteiger partial charge in [-0.05, 0) is 19.3 Å². The van der Waals surface area contributed by atoms with Gasteiger partial charge in [-0.1, -0.05) is 39.0 Å². The van der Waals surface area contributed by atoms with Crippen LogP contribution < -0.4 is 0 Å². The van der Waals surface area contributed by atoms with E-state index in [4.69, 9.17) is 10.00 Å². The maximum Gasteiger partial charge on any atom is 0.0733 e. The smallest absolute Gasteiger partial charge is 0.0733 e. The van der Waals surface area contributed by atoms with E-state index in [1.807, 2.05) is 0 Å². The van der Waals surface area contributed by atoms with Crippen LogP contribution >= 0.6 is 0 Å². The van der Waals surface area contributed by atoms with Crippen molar-refractivity contribution in [1.29, 1.82) is 5.26 Å². The van der Waals surface area contributed by atoms with E-state index >= 15 is 0 Å². The summed E-state index contributed by atoms with van der Waals surface area (Å²) in [7, 11) is 0. The van der Waals surface area contributed by atoms with Gasteiger partial charge in [-0.25, -0.2) is 0 Å². The SMILES string of the molecule is CCCCCOC1CCCCCC1C#N. The van der Waals surface area contributed by atoms with Crippen molar-refractivity contribution in [2.24, 2.45) is 5.92 Å². The molecule has 2 nitrogen and oxygen atoms in total. The minimum Gasteiger partial charge on any atom is -0.377 e. The Bertz CT molecular complexity index is 197. The first-order valence-electron chi connectivity index (χ1n) is 6.39. The molecule has 0 aromatic heterocycles. The van der Waals surface area contributed by atoms with E-state index in [-0.39, 0.29) is 12.0 Å². The molecule has 0 aliphatic heterocycles. The zero-order valence-electron chi connectivity index (χ0n) is 9.87. The molecule has 2 heteroatoms. The number of hydrogen-bond acceptors (Lipinski definition) is 2. The second-order valence-electron chi connectivity index (χ2n) is 4.49. The second-order valence-corrected chi connectivity index (χ2v) is 4.49. The molecule has 1 aliphatic carbocycles. The fraction of sp³-hybridized carbons (Fsp3) is 0.923. The Hall–Kier alpha value is -0.550. The number of unbranched alkanes of at least 4 members (excludes halogenated alkanes) is 2. The molecule has 0 saturated heterocycles. The highest BCUT2D eigenvalue weighted by Gasteiger charge is 2.23. The maximum absolute atomic E-state index is 9.06. The Morgan fingerprint density at radius 2 is 2.00 bits per heavy atom. The monoisotopic (exact) mass is 209 g/mol. The second kappa shape index (κ2) is 7.70. The van der Waals surface area contributed by atoms with Crippen molar-refractivity contribution in [3.05, 3.63) is 0 Å². The molecule has 0 aromatic carbocycles. The van der Waals surface area contributed by atoms with Gasteiger partial charge in [-0.15, -0.1) is 0 Å². The van der Waals surface area contributed by atoms with Crippen molar-refractivity contribution in [3.63, 3.8) is 0 Å². The molecule has 0 amide bonds. The molecule has 86 valence electrons. The zero-order chi connectivity index (χ0) is 10.9. The Kier molecular flexibility index (Phi) is 6.43. The molecule has 0 radical (unpaired) electrons. The van der Waals surface area contributed by atoms with E-state index in [1.54, 1.807) is 0 Å². The highest BCUT2D eigenvalue weighted by Crippen LogP contribution is 2.25. The predicted molar refractivity (Wildman–Crippen MR) is 61.5 cm³/mol. The fourth-order valence-corrected chi connectivity index (χ4v) is 2.21. The van der Waals surface area contributed by atoms with Gasteiger partial charge in [-0.2, -0.15) is 5.26 Å². The van der Waals surface area contributed by atoms with Gasteiger partial charge in [0.1, 0.15) is 0 Å². The number of nitriles is 1. The molecule has 1 fully saturated rings. The zero-order valence-corrected chi connectivity index (χ0v) is 9.87. The number of nitrogens with zero attached hydrogens (tertiary/aromatic N) is 1. The van der Waals surface area contributed by atoms with Gasteiger partial charge >= 0.3 is 0 Å². The quantitative estimate of drug-likeness (QED) is 0.511. The van der Waals surface area contributed by atoms with E-state index < -0.39 is 0 Å². The standard InChI is InChI=1S/C13H23NO/c1-2-3-7-10-15-13-9-6-4-5-8-12(13)11-14/h12-13H,2-10H2,1H3. The summed E-state index contributed by atoms with van der Waals surface area (Å²) < 4.78 is 5.85. The summed E-state index contributed by atoms with van der Waals surface area (Å²) in [6.07, 6.45) is 9.66. The first kappa shape index (κ1) is 12.5. The van der Waals surface area contributed by atoms with Crippen molar-refractivity contribution < 1.29 is 4.74 Å². The summed E-state index contributed by atoms with van der Waals surface area (Å²) in [6.45, 7) is 3.04. The van der Waals surface area contributed by atoms with E-state index in [0.717, 1.165) is 25.9 Å². The lowest BCUT2D eigenvalue weighted by atomic mass is 9.99. The Morgan fingerprint density at radius 1 is 1.20 bits per heavy atom. The van der Waals surface area contributed by atoms with Crippen LogP contribution in [-0.4, -0.2) is 12.7 Å². The van der Waals surface area contributed by atoms with Crippen molar-refractivity contribution in [2.75, 3.05) is 6.61 Å². The summed E-state index contributed by atoms with van der Waals surface area (Å²) in [5, 5.41) is 9.06. The van der Waals surface area contributed by atoms with Crippen LogP contribution in [0.3, 0.4) is 0 Å². The average Bonchev–Trinajstić information content (AvgIpc) is 2.49. The maximum atomic E-state index is 9.06. The van der Waals surface area contributed by atoms with Crippen LogP contribution in [0.2, 0.25) is 0 Å². The van der Waals surface area contributed by atoms with Gasteiger partial charge in [0.2, 0.25) is 0 Å². The summed E-state index contributed by atoms with van der Waals surface area (Å²) in [4.78, 5) is 0. The largest absolute Gasteiger partial charge is 0.377 e. The van der Waals surface area contributed by atoms with E-state index in [2.05, 4.69) is 13.0 Å². The third-order valence-corrected chi connectivity index (χ3v) is 3.20. The average molecular weight is 209 g/mol. The summed E-state index contributed by atoms with van der Waals surface area (Å²) in [5.41, 5.74) is 0. The van der Waals surface area contributed by atoms with E-state index in [0.29, 0.717) is 0 Å². The van der Waals surface area contributed by atoms with E-state index in [1.165, 1.54) is 32.1 Å². The lowest BCUT2D eigenvalue weighted by Crippen LogP contribution is -2.22. The molecule has 2 atom stereocenters. The molecule has 15 heavy (non-hydrogen) atoms. The Balaban J connectivity index is 2.26. The molecule has 0 bridgehead atoms. The highest BCUT2D eigenvalue weighted by molar-refractivity contribution is 4.90. The summed E-state index contributed by atoms with van der Waals surface area (Å²) in [6, 6.07) is 2.41. The van der Waals surface area contributed by atoms with Crippen LogP contribution in [0.4, 0.5) is 0 Å². The van der Waals surface area contributed by atoms with Crippen LogP contribution in [0, 0.1) is 17.2 Å². The Labute approximate surface area is 93.6 Å². The molecule has 1 rings (SSSR count). The molecular weight excluding hydrogens is 186 g/mol.